The number of benzene rings is 1. The molecule has 0 aliphatic heterocycles. The zero-order valence-corrected chi connectivity index (χ0v) is 11.2. The molecule has 5 heteroatoms. The van der Waals surface area contributed by atoms with Crippen molar-refractivity contribution < 1.29 is 14.9 Å². The van der Waals surface area contributed by atoms with E-state index in [1.165, 1.54) is 7.11 Å². The van der Waals surface area contributed by atoms with Gasteiger partial charge in [0.05, 0.1) is 19.3 Å². The zero-order chi connectivity index (χ0) is 14.1. The van der Waals surface area contributed by atoms with Gasteiger partial charge in [0.1, 0.15) is 11.8 Å². The van der Waals surface area contributed by atoms with E-state index in [9.17, 15) is 0 Å². The molecule has 19 heavy (non-hydrogen) atoms. The maximum atomic E-state index is 9.04. The van der Waals surface area contributed by atoms with Gasteiger partial charge in [-0.1, -0.05) is 6.07 Å². The lowest BCUT2D eigenvalue weighted by atomic mass is 10.1. The Labute approximate surface area is 113 Å². The lowest BCUT2D eigenvalue weighted by Gasteiger charge is -2.21. The van der Waals surface area contributed by atoms with E-state index in [0.717, 1.165) is 5.56 Å². The maximum absolute atomic E-state index is 9.04. The molecule has 5 nitrogen and oxygen atoms in total. The number of nitriles is 1. The standard InChI is InChI=1S/C14H20N2O3/c1-19-14-4-3-12(9-13(14)10-15)11-16(6-8-18)5-2-7-17/h3-4,9,17-18H,2,5-8,11H2,1H3. The normalized spacial score (nSPS) is 10.5. The van der Waals surface area contributed by atoms with Crippen LogP contribution in [-0.4, -0.2) is 48.5 Å². The number of nitrogens with zero attached hydrogens (tertiary/aromatic N) is 2. The summed E-state index contributed by atoms with van der Waals surface area (Å²) < 4.78 is 5.10. The molecular formula is C14H20N2O3. The minimum Gasteiger partial charge on any atom is -0.495 e. The third-order valence-corrected chi connectivity index (χ3v) is 2.84. The first-order chi connectivity index (χ1) is 9.24. The number of rotatable bonds is 8. The van der Waals surface area contributed by atoms with Crippen molar-refractivity contribution in [2.75, 3.05) is 33.4 Å². The van der Waals surface area contributed by atoms with Crippen molar-refractivity contribution in [1.82, 2.24) is 4.90 Å². The molecule has 0 amide bonds. The van der Waals surface area contributed by atoms with E-state index in [1.807, 2.05) is 11.0 Å². The first kappa shape index (κ1) is 15.4. The Morgan fingerprint density at radius 1 is 1.26 bits per heavy atom. The largest absolute Gasteiger partial charge is 0.495 e. The van der Waals surface area contributed by atoms with Gasteiger partial charge in [0.15, 0.2) is 0 Å². The first-order valence-corrected chi connectivity index (χ1v) is 6.26. The van der Waals surface area contributed by atoms with Crippen LogP contribution in [0.15, 0.2) is 18.2 Å². The molecule has 0 atom stereocenters. The molecule has 0 radical (unpaired) electrons. The minimum absolute atomic E-state index is 0.0761. The molecular weight excluding hydrogens is 244 g/mol. The maximum Gasteiger partial charge on any atom is 0.136 e. The number of hydrogen-bond donors (Lipinski definition) is 2. The molecule has 0 heterocycles. The Balaban J connectivity index is 2.76. The van der Waals surface area contributed by atoms with E-state index in [4.69, 9.17) is 20.2 Å². The molecule has 0 aliphatic rings. The Kier molecular flexibility index (Phi) is 6.90. The average molecular weight is 264 g/mol. The molecule has 0 aromatic heterocycles. The van der Waals surface area contributed by atoms with E-state index in [0.29, 0.717) is 37.4 Å². The zero-order valence-electron chi connectivity index (χ0n) is 11.2. The summed E-state index contributed by atoms with van der Waals surface area (Å²) >= 11 is 0. The third kappa shape index (κ3) is 4.87. The molecule has 1 aromatic carbocycles. The summed E-state index contributed by atoms with van der Waals surface area (Å²) in [5, 5.41) is 26.9. The number of methoxy groups -OCH3 is 1. The Bertz CT molecular complexity index is 429. The van der Waals surface area contributed by atoms with Gasteiger partial charge >= 0.3 is 0 Å². The van der Waals surface area contributed by atoms with Crippen molar-refractivity contribution >= 4 is 0 Å². The van der Waals surface area contributed by atoms with Crippen LogP contribution in [0, 0.1) is 11.3 Å². The predicted molar refractivity (Wildman–Crippen MR) is 71.8 cm³/mol. The SMILES string of the molecule is COc1ccc(CN(CCO)CCCO)cc1C#N. The fourth-order valence-corrected chi connectivity index (χ4v) is 1.90. The van der Waals surface area contributed by atoms with Crippen LogP contribution in [0.1, 0.15) is 17.5 Å². The van der Waals surface area contributed by atoms with E-state index in [2.05, 4.69) is 6.07 Å². The minimum atomic E-state index is 0.0761. The second kappa shape index (κ2) is 8.48. The second-order valence-corrected chi connectivity index (χ2v) is 4.22. The summed E-state index contributed by atoms with van der Waals surface area (Å²) in [6.45, 7) is 2.11. The molecule has 104 valence electrons. The second-order valence-electron chi connectivity index (χ2n) is 4.22. The van der Waals surface area contributed by atoms with Crippen LogP contribution >= 0.6 is 0 Å². The van der Waals surface area contributed by atoms with E-state index in [-0.39, 0.29) is 13.2 Å². The summed E-state index contributed by atoms with van der Waals surface area (Å²) in [6.07, 6.45) is 0.668. The van der Waals surface area contributed by atoms with Gasteiger partial charge < -0.3 is 14.9 Å². The van der Waals surface area contributed by atoms with Crippen molar-refractivity contribution in [3.63, 3.8) is 0 Å². The van der Waals surface area contributed by atoms with Crippen LogP contribution in [0.3, 0.4) is 0 Å². The van der Waals surface area contributed by atoms with Gasteiger partial charge in [0.25, 0.3) is 0 Å². The van der Waals surface area contributed by atoms with Crippen molar-refractivity contribution in [3.05, 3.63) is 29.3 Å². The van der Waals surface area contributed by atoms with E-state index in [1.54, 1.807) is 12.1 Å². The number of hydrogen-bond acceptors (Lipinski definition) is 5. The molecule has 1 aromatic rings. The summed E-state index contributed by atoms with van der Waals surface area (Å²) in [7, 11) is 1.54. The lowest BCUT2D eigenvalue weighted by molar-refractivity contribution is 0.174. The number of aliphatic hydroxyl groups excluding tert-OH is 2. The van der Waals surface area contributed by atoms with Crippen LogP contribution in [0.5, 0.6) is 5.75 Å². The highest BCUT2D eigenvalue weighted by molar-refractivity contribution is 5.45. The van der Waals surface area contributed by atoms with E-state index >= 15 is 0 Å². The van der Waals surface area contributed by atoms with Crippen LogP contribution in [0.4, 0.5) is 0 Å². The van der Waals surface area contributed by atoms with Gasteiger partial charge in [-0.25, -0.2) is 0 Å². The molecule has 0 spiro atoms. The number of ether oxygens (including phenoxy) is 1. The molecule has 2 N–H and O–H groups in total. The van der Waals surface area contributed by atoms with Gasteiger partial charge in [-0.05, 0) is 24.1 Å². The van der Waals surface area contributed by atoms with Crippen LogP contribution < -0.4 is 4.74 Å². The highest BCUT2D eigenvalue weighted by atomic mass is 16.5. The van der Waals surface area contributed by atoms with E-state index < -0.39 is 0 Å². The average Bonchev–Trinajstić information content (AvgIpc) is 2.44. The van der Waals surface area contributed by atoms with Gasteiger partial charge in [-0.3, -0.25) is 4.90 Å². The summed E-state index contributed by atoms with van der Waals surface area (Å²) in [6, 6.07) is 7.58. The molecule has 0 saturated heterocycles. The Morgan fingerprint density at radius 3 is 2.63 bits per heavy atom. The quantitative estimate of drug-likeness (QED) is 0.724. The Hall–Kier alpha value is -1.61. The number of aliphatic hydroxyl groups is 2. The molecule has 0 saturated carbocycles. The topological polar surface area (TPSA) is 76.7 Å². The monoisotopic (exact) mass is 264 g/mol. The van der Waals surface area contributed by atoms with Crippen molar-refractivity contribution in [1.29, 1.82) is 5.26 Å². The van der Waals surface area contributed by atoms with Gasteiger partial charge in [-0.2, -0.15) is 5.26 Å². The molecule has 0 aliphatic carbocycles. The smallest absolute Gasteiger partial charge is 0.136 e. The predicted octanol–water partition coefficient (Wildman–Crippen LogP) is 0.744. The summed E-state index contributed by atoms with van der Waals surface area (Å²) in [4.78, 5) is 2.04. The summed E-state index contributed by atoms with van der Waals surface area (Å²) in [5.74, 6) is 0.565. The fourth-order valence-electron chi connectivity index (χ4n) is 1.90. The van der Waals surface area contributed by atoms with Crippen molar-refractivity contribution in [2.24, 2.45) is 0 Å². The van der Waals surface area contributed by atoms with Gasteiger partial charge in [0, 0.05) is 26.2 Å². The van der Waals surface area contributed by atoms with Crippen molar-refractivity contribution in [3.8, 4) is 11.8 Å². The highest BCUT2D eigenvalue weighted by Gasteiger charge is 2.08. The fraction of sp³-hybridized carbons (Fsp3) is 0.500. The Morgan fingerprint density at radius 2 is 2.05 bits per heavy atom. The molecule has 0 bridgehead atoms. The summed E-state index contributed by atoms with van der Waals surface area (Å²) in [5.41, 5.74) is 1.50. The first-order valence-electron chi connectivity index (χ1n) is 6.26. The molecule has 0 unspecified atom stereocenters. The van der Waals surface area contributed by atoms with Crippen LogP contribution in [0.25, 0.3) is 0 Å². The van der Waals surface area contributed by atoms with Crippen molar-refractivity contribution in [2.45, 2.75) is 13.0 Å². The van der Waals surface area contributed by atoms with Crippen LogP contribution in [0.2, 0.25) is 0 Å². The molecule has 0 fully saturated rings. The lowest BCUT2D eigenvalue weighted by Crippen LogP contribution is -2.28. The van der Waals surface area contributed by atoms with Crippen LogP contribution in [-0.2, 0) is 6.54 Å². The molecule has 1 rings (SSSR count). The highest BCUT2D eigenvalue weighted by Crippen LogP contribution is 2.19. The third-order valence-electron chi connectivity index (χ3n) is 2.84. The van der Waals surface area contributed by atoms with Gasteiger partial charge in [-0.15, -0.1) is 0 Å². The van der Waals surface area contributed by atoms with Gasteiger partial charge in [0.2, 0.25) is 0 Å².